The zero-order chi connectivity index (χ0) is 28.8. The smallest absolute Gasteiger partial charge is 0.350 e. The van der Waals surface area contributed by atoms with Gasteiger partial charge in [0.05, 0.1) is 6.07 Å². The van der Waals surface area contributed by atoms with Crippen molar-refractivity contribution in [3.8, 4) is 6.07 Å². The predicted molar refractivity (Wildman–Crippen MR) is 133 cm³/mol. The number of nitrogens with one attached hydrogen (secondary N) is 3. The van der Waals surface area contributed by atoms with Crippen LogP contribution in [0, 0.1) is 34.5 Å². The summed E-state index contributed by atoms with van der Waals surface area (Å²) in [6.07, 6.45) is 1.58. The van der Waals surface area contributed by atoms with Gasteiger partial charge in [-0.2, -0.15) is 18.4 Å². The number of carbonyl (C=O) groups is 4. The quantitative estimate of drug-likeness (QED) is 0.465. The van der Waals surface area contributed by atoms with Crippen LogP contribution in [0.15, 0.2) is 0 Å². The molecule has 2 heterocycles. The maximum Gasteiger partial charge on any atom is 0.471 e. The van der Waals surface area contributed by atoms with Crippen LogP contribution in [-0.2, 0) is 19.2 Å². The molecule has 2 saturated heterocycles. The number of fused-ring (bicyclic) bond motifs is 1. The van der Waals surface area contributed by atoms with Crippen LogP contribution < -0.4 is 16.0 Å². The highest BCUT2D eigenvalue weighted by Gasteiger charge is 2.53. The molecule has 4 aliphatic rings. The van der Waals surface area contributed by atoms with Crippen molar-refractivity contribution in [2.45, 2.75) is 108 Å². The highest BCUT2D eigenvalue weighted by Crippen LogP contribution is 2.44. The number of hydrogen-bond donors (Lipinski definition) is 3. The van der Waals surface area contributed by atoms with Crippen molar-refractivity contribution < 1.29 is 32.3 Å². The number of hydrogen-bond acceptors (Lipinski definition) is 5. The Morgan fingerprint density at radius 2 is 1.77 bits per heavy atom. The second-order valence-corrected chi connectivity index (χ2v) is 12.8. The molecule has 4 rings (SSSR count). The number of rotatable bonds is 6. The van der Waals surface area contributed by atoms with Crippen molar-refractivity contribution >= 4 is 23.6 Å². The van der Waals surface area contributed by atoms with E-state index in [-0.39, 0.29) is 36.2 Å². The second kappa shape index (κ2) is 10.6. The number of piperidine rings is 1. The van der Waals surface area contributed by atoms with E-state index in [0.29, 0.717) is 12.8 Å². The van der Waals surface area contributed by atoms with E-state index in [2.05, 4.69) is 16.7 Å². The molecule has 2 aliphatic carbocycles. The van der Waals surface area contributed by atoms with Crippen molar-refractivity contribution in [3.63, 3.8) is 0 Å². The Labute approximate surface area is 226 Å². The van der Waals surface area contributed by atoms with Gasteiger partial charge in [-0.25, -0.2) is 0 Å². The lowest BCUT2D eigenvalue weighted by atomic mass is 9.78. The molecule has 2 aliphatic heterocycles. The van der Waals surface area contributed by atoms with E-state index in [0.717, 1.165) is 38.5 Å². The molecule has 0 bridgehead atoms. The maximum atomic E-state index is 13.7. The molecule has 3 N–H and O–H groups in total. The number of amides is 4. The molecule has 6 atom stereocenters. The standard InChI is InChI=1S/C27H38F3N5O4/c1-25(2,3)20(33-24(39)27(28,29)30)23(38)35-14-16-6-4-5-7-18(16)19(35)22(37)32-17(13-31)12-15-8-9-26(10-11-26)34-21(15)36/h15-20H,4-12,14H2,1-3H3,(H,32,37)(H,33,39)(H,34,36)/t15-,16-,17-,18-,19-,20?/m0/s1. The number of nitriles is 1. The Morgan fingerprint density at radius 1 is 1.10 bits per heavy atom. The Kier molecular flexibility index (Phi) is 7.94. The third kappa shape index (κ3) is 6.33. The molecule has 4 fully saturated rings. The van der Waals surface area contributed by atoms with Gasteiger partial charge >= 0.3 is 12.1 Å². The third-order valence-corrected chi connectivity index (χ3v) is 8.91. The fraction of sp³-hybridized carbons (Fsp3) is 0.815. The highest BCUT2D eigenvalue weighted by atomic mass is 19.4. The minimum Gasteiger partial charge on any atom is -0.350 e. The minimum atomic E-state index is -5.16. The fourth-order valence-corrected chi connectivity index (χ4v) is 6.51. The molecule has 12 heteroatoms. The van der Waals surface area contributed by atoms with Gasteiger partial charge < -0.3 is 20.9 Å². The first-order valence-corrected chi connectivity index (χ1v) is 13.9. The summed E-state index contributed by atoms with van der Waals surface area (Å²) in [5.41, 5.74) is -1.15. The van der Waals surface area contributed by atoms with Crippen LogP contribution >= 0.6 is 0 Å². The third-order valence-electron chi connectivity index (χ3n) is 8.91. The van der Waals surface area contributed by atoms with Gasteiger partial charge in [-0.3, -0.25) is 19.2 Å². The average molecular weight is 554 g/mol. The molecule has 39 heavy (non-hydrogen) atoms. The Bertz CT molecular complexity index is 1050. The van der Waals surface area contributed by atoms with Gasteiger partial charge in [0.25, 0.3) is 0 Å². The number of carbonyl (C=O) groups excluding carboxylic acids is 4. The summed E-state index contributed by atoms with van der Waals surface area (Å²) in [4.78, 5) is 53.1. The fourth-order valence-electron chi connectivity index (χ4n) is 6.51. The zero-order valence-corrected chi connectivity index (χ0v) is 22.7. The lowest BCUT2D eigenvalue weighted by molar-refractivity contribution is -0.176. The van der Waals surface area contributed by atoms with Crippen molar-refractivity contribution in [2.24, 2.45) is 23.2 Å². The van der Waals surface area contributed by atoms with Gasteiger partial charge in [0, 0.05) is 18.0 Å². The van der Waals surface area contributed by atoms with Gasteiger partial charge in [0.2, 0.25) is 17.7 Å². The van der Waals surface area contributed by atoms with Crippen molar-refractivity contribution in [3.05, 3.63) is 0 Å². The van der Waals surface area contributed by atoms with E-state index in [9.17, 15) is 37.6 Å². The minimum absolute atomic E-state index is 0.00299. The number of alkyl halides is 3. The van der Waals surface area contributed by atoms with E-state index >= 15 is 0 Å². The lowest BCUT2D eigenvalue weighted by Gasteiger charge is -2.36. The van der Waals surface area contributed by atoms with Crippen molar-refractivity contribution in [2.75, 3.05) is 6.54 Å². The first kappa shape index (κ1) is 29.2. The van der Waals surface area contributed by atoms with Gasteiger partial charge in [0.1, 0.15) is 18.1 Å². The number of likely N-dealkylation sites (tertiary alicyclic amines) is 1. The average Bonchev–Trinajstić information content (AvgIpc) is 3.48. The molecular formula is C27H38F3N5O4. The lowest BCUT2D eigenvalue weighted by Crippen LogP contribution is -2.60. The van der Waals surface area contributed by atoms with Crippen LogP contribution in [-0.4, -0.2) is 64.9 Å². The molecular weight excluding hydrogens is 515 g/mol. The van der Waals surface area contributed by atoms with Crippen LogP contribution in [0.5, 0.6) is 0 Å². The maximum absolute atomic E-state index is 13.7. The predicted octanol–water partition coefficient (Wildman–Crippen LogP) is 2.55. The van der Waals surface area contributed by atoms with E-state index in [1.54, 1.807) is 20.8 Å². The first-order chi connectivity index (χ1) is 18.1. The largest absolute Gasteiger partial charge is 0.471 e. The van der Waals surface area contributed by atoms with Crippen molar-refractivity contribution in [1.82, 2.24) is 20.9 Å². The molecule has 1 spiro atoms. The number of nitrogens with zero attached hydrogens (tertiary/aromatic N) is 2. The molecule has 216 valence electrons. The van der Waals surface area contributed by atoms with Crippen molar-refractivity contribution in [1.29, 1.82) is 5.26 Å². The molecule has 1 unspecified atom stereocenters. The SMILES string of the molecule is CC(C)(C)C(NC(=O)C(F)(F)F)C(=O)N1C[C@@H]2CCCC[C@@H]2[C@H]1C(=O)N[C@H](C#N)C[C@@H]1CCC2(CC2)NC1=O. The second-order valence-electron chi connectivity index (χ2n) is 12.8. The topological polar surface area (TPSA) is 131 Å². The Morgan fingerprint density at radius 3 is 2.33 bits per heavy atom. The summed E-state index contributed by atoms with van der Waals surface area (Å²) < 4.78 is 39.2. The zero-order valence-electron chi connectivity index (χ0n) is 22.7. The molecule has 0 radical (unpaired) electrons. The Hall–Kier alpha value is -2.84. The summed E-state index contributed by atoms with van der Waals surface area (Å²) in [5.74, 6) is -4.24. The molecule has 9 nitrogen and oxygen atoms in total. The molecule has 4 amide bonds. The van der Waals surface area contributed by atoms with Gasteiger partial charge in [-0.05, 0) is 62.2 Å². The summed E-state index contributed by atoms with van der Waals surface area (Å²) in [6.45, 7) is 4.85. The van der Waals surface area contributed by atoms with Crippen LogP contribution in [0.1, 0.15) is 78.6 Å². The van der Waals surface area contributed by atoms with Gasteiger partial charge in [-0.1, -0.05) is 33.6 Å². The Balaban J connectivity index is 1.51. The molecule has 0 aromatic heterocycles. The summed E-state index contributed by atoms with van der Waals surface area (Å²) >= 11 is 0. The molecule has 0 aromatic rings. The molecule has 2 saturated carbocycles. The number of halogens is 3. The normalized spacial score (nSPS) is 29.5. The molecule has 0 aromatic carbocycles. The van der Waals surface area contributed by atoms with Crippen LogP contribution in [0.3, 0.4) is 0 Å². The van der Waals surface area contributed by atoms with E-state index in [1.807, 2.05) is 5.32 Å². The monoisotopic (exact) mass is 553 g/mol. The van der Waals surface area contributed by atoms with E-state index in [4.69, 9.17) is 0 Å². The van der Waals surface area contributed by atoms with Crippen LogP contribution in [0.4, 0.5) is 13.2 Å². The summed E-state index contributed by atoms with van der Waals surface area (Å²) in [7, 11) is 0. The van der Waals surface area contributed by atoms with Crippen LogP contribution in [0.25, 0.3) is 0 Å². The summed E-state index contributed by atoms with van der Waals surface area (Å²) in [6, 6.07) is -1.36. The summed E-state index contributed by atoms with van der Waals surface area (Å²) in [5, 5.41) is 17.4. The van der Waals surface area contributed by atoms with E-state index < -0.39 is 53.4 Å². The van der Waals surface area contributed by atoms with Gasteiger partial charge in [0.15, 0.2) is 0 Å². The van der Waals surface area contributed by atoms with Crippen LogP contribution in [0.2, 0.25) is 0 Å². The van der Waals surface area contributed by atoms with Gasteiger partial charge in [-0.15, -0.1) is 0 Å². The highest BCUT2D eigenvalue weighted by molar-refractivity contribution is 5.94. The first-order valence-electron chi connectivity index (χ1n) is 13.9. The van der Waals surface area contributed by atoms with E-state index in [1.165, 1.54) is 4.90 Å².